The minimum absolute atomic E-state index is 0.141. The Labute approximate surface area is 174 Å². The van der Waals surface area contributed by atoms with Gasteiger partial charge in [0, 0.05) is 16.8 Å². The quantitative estimate of drug-likeness (QED) is 0.599. The summed E-state index contributed by atoms with van der Waals surface area (Å²) in [4.78, 5) is 19.9. The van der Waals surface area contributed by atoms with E-state index in [1.54, 1.807) is 12.1 Å². The zero-order valence-corrected chi connectivity index (χ0v) is 15.9. The molecule has 31 heavy (non-hydrogen) atoms. The molecule has 3 aromatic rings. The van der Waals surface area contributed by atoms with E-state index in [4.69, 9.17) is 9.84 Å². The molecule has 160 valence electrons. The van der Waals surface area contributed by atoms with Gasteiger partial charge in [0.1, 0.15) is 5.75 Å². The van der Waals surface area contributed by atoms with Crippen LogP contribution in [0.5, 0.6) is 11.6 Å². The van der Waals surface area contributed by atoms with E-state index in [1.807, 2.05) is 0 Å². The van der Waals surface area contributed by atoms with E-state index in [0.717, 1.165) is 12.0 Å². The highest BCUT2D eigenvalue weighted by molar-refractivity contribution is 5.88. The maximum absolute atomic E-state index is 12.4. The van der Waals surface area contributed by atoms with E-state index < -0.39 is 12.3 Å². The highest BCUT2D eigenvalue weighted by atomic mass is 19.4. The van der Waals surface area contributed by atoms with Gasteiger partial charge in [-0.3, -0.25) is 0 Å². The summed E-state index contributed by atoms with van der Waals surface area (Å²) in [6, 6.07) is 11.5. The van der Waals surface area contributed by atoms with Gasteiger partial charge in [-0.2, -0.15) is 4.98 Å². The molecule has 0 saturated heterocycles. The molecule has 2 N–H and O–H groups in total. The fourth-order valence-corrected chi connectivity index (χ4v) is 3.16. The van der Waals surface area contributed by atoms with Gasteiger partial charge in [-0.15, -0.1) is 13.2 Å². The number of aromatic carboxylic acids is 1. The minimum Gasteiger partial charge on any atom is -0.478 e. The van der Waals surface area contributed by atoms with Crippen molar-refractivity contribution in [3.05, 3.63) is 59.7 Å². The Kier molecular flexibility index (Phi) is 5.37. The summed E-state index contributed by atoms with van der Waals surface area (Å²) >= 11 is 0. The van der Waals surface area contributed by atoms with Crippen LogP contribution < -0.4 is 14.8 Å². The Bertz CT molecular complexity index is 1100. The first kappa shape index (κ1) is 20.5. The zero-order valence-electron chi connectivity index (χ0n) is 15.9. The van der Waals surface area contributed by atoms with Gasteiger partial charge in [0.25, 0.3) is 0 Å². The molecule has 1 aliphatic rings. The van der Waals surface area contributed by atoms with Crippen molar-refractivity contribution in [3.8, 4) is 22.9 Å². The molecule has 2 heterocycles. The number of ether oxygens (including phenoxy) is 2. The van der Waals surface area contributed by atoms with E-state index in [2.05, 4.69) is 20.0 Å². The SMILES string of the molecule is O=C(O)c1ccc(Nc2nc3c(c(-c4ccc(OC(F)(F)F)cc4)n2)CCCO3)cc1. The van der Waals surface area contributed by atoms with Crippen LogP contribution in [0.3, 0.4) is 0 Å². The number of alkyl halides is 3. The van der Waals surface area contributed by atoms with Crippen molar-refractivity contribution in [2.24, 2.45) is 0 Å². The molecule has 0 saturated carbocycles. The van der Waals surface area contributed by atoms with Gasteiger partial charge < -0.3 is 19.9 Å². The predicted molar refractivity (Wildman–Crippen MR) is 105 cm³/mol. The van der Waals surface area contributed by atoms with Crippen molar-refractivity contribution in [1.82, 2.24) is 9.97 Å². The molecule has 0 fully saturated rings. The molecule has 0 bridgehead atoms. The Morgan fingerprint density at radius 2 is 1.77 bits per heavy atom. The molecule has 10 heteroatoms. The summed E-state index contributed by atoms with van der Waals surface area (Å²) in [5.41, 5.74) is 2.60. The average molecular weight is 431 g/mol. The van der Waals surface area contributed by atoms with Crippen LogP contribution in [0.25, 0.3) is 11.3 Å². The monoisotopic (exact) mass is 431 g/mol. The largest absolute Gasteiger partial charge is 0.573 e. The number of hydrogen-bond acceptors (Lipinski definition) is 6. The molecule has 0 atom stereocenters. The van der Waals surface area contributed by atoms with E-state index in [0.29, 0.717) is 35.9 Å². The molecule has 0 radical (unpaired) electrons. The number of fused-ring (bicyclic) bond motifs is 1. The maximum Gasteiger partial charge on any atom is 0.573 e. The van der Waals surface area contributed by atoms with Crippen LogP contribution in [0.15, 0.2) is 48.5 Å². The molecule has 0 aliphatic carbocycles. The highest BCUT2D eigenvalue weighted by Crippen LogP contribution is 2.34. The van der Waals surface area contributed by atoms with Crippen molar-refractivity contribution in [3.63, 3.8) is 0 Å². The molecular formula is C21H16F3N3O4. The van der Waals surface area contributed by atoms with E-state index in [-0.39, 0.29) is 17.3 Å². The summed E-state index contributed by atoms with van der Waals surface area (Å²) in [6.07, 6.45) is -3.34. The number of nitrogens with one attached hydrogen (secondary N) is 1. The zero-order chi connectivity index (χ0) is 22.0. The van der Waals surface area contributed by atoms with Gasteiger partial charge in [-0.1, -0.05) is 0 Å². The van der Waals surface area contributed by atoms with Crippen LogP contribution in [0, 0.1) is 0 Å². The van der Waals surface area contributed by atoms with Gasteiger partial charge in [-0.05, 0) is 61.4 Å². The highest BCUT2D eigenvalue weighted by Gasteiger charge is 2.31. The third-order valence-corrected chi connectivity index (χ3v) is 4.53. The lowest BCUT2D eigenvalue weighted by Gasteiger charge is -2.20. The molecular weight excluding hydrogens is 415 g/mol. The van der Waals surface area contributed by atoms with Crippen LogP contribution >= 0.6 is 0 Å². The van der Waals surface area contributed by atoms with Gasteiger partial charge in [0.2, 0.25) is 11.8 Å². The summed E-state index contributed by atoms with van der Waals surface area (Å²) < 4.78 is 46.8. The molecule has 7 nitrogen and oxygen atoms in total. The Hall–Kier alpha value is -3.82. The molecule has 0 spiro atoms. The smallest absolute Gasteiger partial charge is 0.478 e. The number of halogens is 3. The number of carbonyl (C=O) groups is 1. The van der Waals surface area contributed by atoms with Gasteiger partial charge >= 0.3 is 12.3 Å². The Balaban J connectivity index is 1.66. The van der Waals surface area contributed by atoms with Crippen LogP contribution in [-0.4, -0.2) is 34.0 Å². The molecule has 0 amide bonds. The number of anilines is 2. The second-order valence-electron chi connectivity index (χ2n) is 6.71. The third kappa shape index (κ3) is 4.85. The molecule has 2 aromatic carbocycles. The molecule has 0 unspecified atom stereocenters. The molecule has 1 aromatic heterocycles. The lowest BCUT2D eigenvalue weighted by molar-refractivity contribution is -0.274. The number of carboxylic acids is 1. The number of hydrogen-bond donors (Lipinski definition) is 2. The topological polar surface area (TPSA) is 93.6 Å². The number of carboxylic acid groups (broad SMARTS) is 1. The van der Waals surface area contributed by atoms with Crippen molar-refractivity contribution in [2.45, 2.75) is 19.2 Å². The van der Waals surface area contributed by atoms with Gasteiger partial charge in [0.15, 0.2) is 0 Å². The fourth-order valence-electron chi connectivity index (χ4n) is 3.16. The van der Waals surface area contributed by atoms with Crippen molar-refractivity contribution < 1.29 is 32.5 Å². The molecule has 1 aliphatic heterocycles. The van der Waals surface area contributed by atoms with E-state index >= 15 is 0 Å². The molecule has 4 rings (SSSR count). The van der Waals surface area contributed by atoms with Crippen LogP contribution in [-0.2, 0) is 6.42 Å². The first-order chi connectivity index (χ1) is 14.8. The number of benzene rings is 2. The third-order valence-electron chi connectivity index (χ3n) is 4.53. The van der Waals surface area contributed by atoms with Crippen LogP contribution in [0.2, 0.25) is 0 Å². The first-order valence-electron chi connectivity index (χ1n) is 9.29. The second-order valence-corrected chi connectivity index (χ2v) is 6.71. The number of rotatable bonds is 5. The van der Waals surface area contributed by atoms with Crippen molar-refractivity contribution in [2.75, 3.05) is 11.9 Å². The average Bonchev–Trinajstić information content (AvgIpc) is 2.73. The standard InChI is InChI=1S/C21H16F3N3O4/c22-21(23,24)31-15-9-5-12(6-10-15)17-16-2-1-11-30-18(16)27-20(26-17)25-14-7-3-13(4-8-14)19(28)29/h3-10H,1-2,11H2,(H,28,29)(H,25,26,27). The van der Waals surface area contributed by atoms with Crippen molar-refractivity contribution in [1.29, 1.82) is 0 Å². The summed E-state index contributed by atoms with van der Waals surface area (Å²) in [5.74, 6) is -0.747. The lowest BCUT2D eigenvalue weighted by Crippen LogP contribution is -2.17. The van der Waals surface area contributed by atoms with Crippen LogP contribution in [0.4, 0.5) is 24.8 Å². The summed E-state index contributed by atoms with van der Waals surface area (Å²) in [5, 5.41) is 12.0. The van der Waals surface area contributed by atoms with E-state index in [1.165, 1.54) is 36.4 Å². The van der Waals surface area contributed by atoms with Gasteiger partial charge in [-0.25, -0.2) is 9.78 Å². The minimum atomic E-state index is -4.77. The fraction of sp³-hybridized carbons (Fsp3) is 0.190. The van der Waals surface area contributed by atoms with Crippen molar-refractivity contribution >= 4 is 17.6 Å². The van der Waals surface area contributed by atoms with Gasteiger partial charge in [0.05, 0.1) is 17.9 Å². The van der Waals surface area contributed by atoms with Crippen LogP contribution in [0.1, 0.15) is 22.3 Å². The second kappa shape index (κ2) is 8.13. The summed E-state index contributed by atoms with van der Waals surface area (Å²) in [7, 11) is 0. The Morgan fingerprint density at radius 3 is 2.42 bits per heavy atom. The normalized spacial score (nSPS) is 13.1. The summed E-state index contributed by atoms with van der Waals surface area (Å²) in [6.45, 7) is 0.495. The lowest BCUT2D eigenvalue weighted by atomic mass is 10.0. The predicted octanol–water partition coefficient (Wildman–Crippen LogP) is 4.81. The number of nitrogens with zero attached hydrogens (tertiary/aromatic N) is 2. The number of aromatic nitrogens is 2. The first-order valence-corrected chi connectivity index (χ1v) is 9.29. The maximum atomic E-state index is 12.4. The van der Waals surface area contributed by atoms with E-state index in [9.17, 15) is 18.0 Å². The Morgan fingerprint density at radius 1 is 1.06 bits per heavy atom.